The van der Waals surface area contributed by atoms with E-state index in [1.165, 1.54) is 12.8 Å². The Morgan fingerprint density at radius 1 is 1.50 bits per heavy atom. The first kappa shape index (κ1) is 9.34. The van der Waals surface area contributed by atoms with E-state index in [9.17, 15) is 5.11 Å². The van der Waals surface area contributed by atoms with Crippen molar-refractivity contribution in [3.8, 4) is 11.5 Å². The maximum absolute atomic E-state index is 9.37. The molecule has 3 N–H and O–H groups in total. The molecule has 76 valence electrons. The van der Waals surface area contributed by atoms with E-state index in [0.717, 1.165) is 11.3 Å². The van der Waals surface area contributed by atoms with Crippen molar-refractivity contribution in [3.05, 3.63) is 23.8 Å². The van der Waals surface area contributed by atoms with Gasteiger partial charge < -0.3 is 15.6 Å². The second kappa shape index (κ2) is 3.50. The first-order valence-electron chi connectivity index (χ1n) is 4.85. The molecule has 0 saturated heterocycles. The summed E-state index contributed by atoms with van der Waals surface area (Å²) in [5.74, 6) is 1.57. The van der Waals surface area contributed by atoms with Gasteiger partial charge in [-0.25, -0.2) is 0 Å². The van der Waals surface area contributed by atoms with Crippen LogP contribution in [0.1, 0.15) is 24.4 Å². The molecule has 1 atom stereocenters. The SMILES string of the molecule is COc1ccc(O)cc1[C@H](N)C1CC1. The highest BCUT2D eigenvalue weighted by Gasteiger charge is 2.31. The summed E-state index contributed by atoms with van der Waals surface area (Å²) >= 11 is 0. The van der Waals surface area contributed by atoms with Gasteiger partial charge in [-0.15, -0.1) is 0 Å². The van der Waals surface area contributed by atoms with Gasteiger partial charge in [-0.1, -0.05) is 0 Å². The van der Waals surface area contributed by atoms with Crippen molar-refractivity contribution in [1.82, 2.24) is 0 Å². The van der Waals surface area contributed by atoms with E-state index in [2.05, 4.69) is 0 Å². The Morgan fingerprint density at radius 3 is 2.79 bits per heavy atom. The number of nitrogens with two attached hydrogens (primary N) is 1. The Labute approximate surface area is 83.5 Å². The fourth-order valence-electron chi connectivity index (χ4n) is 1.69. The maximum atomic E-state index is 9.37. The summed E-state index contributed by atoms with van der Waals surface area (Å²) < 4.78 is 5.21. The topological polar surface area (TPSA) is 55.5 Å². The number of methoxy groups -OCH3 is 1. The lowest BCUT2D eigenvalue weighted by Crippen LogP contribution is -2.13. The highest BCUT2D eigenvalue weighted by Crippen LogP contribution is 2.42. The van der Waals surface area contributed by atoms with Crippen molar-refractivity contribution < 1.29 is 9.84 Å². The minimum atomic E-state index is -0.00273. The lowest BCUT2D eigenvalue weighted by molar-refractivity contribution is 0.399. The Bertz CT molecular complexity index is 334. The molecule has 0 aliphatic heterocycles. The monoisotopic (exact) mass is 193 g/mol. The smallest absolute Gasteiger partial charge is 0.123 e. The average Bonchev–Trinajstić information content (AvgIpc) is 3.00. The molecule has 1 saturated carbocycles. The van der Waals surface area contributed by atoms with Gasteiger partial charge in [0.15, 0.2) is 0 Å². The molecule has 1 aliphatic rings. The molecule has 0 heterocycles. The minimum absolute atomic E-state index is 0.00273. The number of benzene rings is 1. The van der Waals surface area contributed by atoms with Crippen molar-refractivity contribution in [2.45, 2.75) is 18.9 Å². The van der Waals surface area contributed by atoms with Crippen LogP contribution in [-0.2, 0) is 0 Å². The quantitative estimate of drug-likeness (QED) is 0.769. The van der Waals surface area contributed by atoms with Crippen LogP contribution in [0.25, 0.3) is 0 Å². The number of phenols is 1. The number of hydrogen-bond acceptors (Lipinski definition) is 3. The van der Waals surface area contributed by atoms with Gasteiger partial charge >= 0.3 is 0 Å². The Balaban J connectivity index is 2.32. The Hall–Kier alpha value is -1.22. The van der Waals surface area contributed by atoms with Gasteiger partial charge in [-0.3, -0.25) is 0 Å². The van der Waals surface area contributed by atoms with Crippen LogP contribution in [0.3, 0.4) is 0 Å². The van der Waals surface area contributed by atoms with Crippen LogP contribution in [0.5, 0.6) is 11.5 Å². The van der Waals surface area contributed by atoms with Gasteiger partial charge in [-0.05, 0) is 37.0 Å². The van der Waals surface area contributed by atoms with Gasteiger partial charge in [0.25, 0.3) is 0 Å². The van der Waals surface area contributed by atoms with Crippen molar-refractivity contribution in [3.63, 3.8) is 0 Å². The maximum Gasteiger partial charge on any atom is 0.123 e. The third kappa shape index (κ3) is 1.68. The van der Waals surface area contributed by atoms with Crippen LogP contribution >= 0.6 is 0 Å². The van der Waals surface area contributed by atoms with Crippen LogP contribution in [0.15, 0.2) is 18.2 Å². The predicted octanol–water partition coefficient (Wildman–Crippen LogP) is 1.81. The Morgan fingerprint density at radius 2 is 2.21 bits per heavy atom. The summed E-state index contributed by atoms with van der Waals surface area (Å²) in [5.41, 5.74) is 6.97. The number of rotatable bonds is 3. The summed E-state index contributed by atoms with van der Waals surface area (Å²) in [5, 5.41) is 9.37. The van der Waals surface area contributed by atoms with Crippen LogP contribution in [0.4, 0.5) is 0 Å². The average molecular weight is 193 g/mol. The first-order valence-corrected chi connectivity index (χ1v) is 4.85. The zero-order chi connectivity index (χ0) is 10.1. The van der Waals surface area contributed by atoms with Crippen molar-refractivity contribution in [1.29, 1.82) is 0 Å². The van der Waals surface area contributed by atoms with Gasteiger partial charge in [0.2, 0.25) is 0 Å². The van der Waals surface area contributed by atoms with Gasteiger partial charge in [0.1, 0.15) is 11.5 Å². The summed E-state index contributed by atoms with van der Waals surface area (Å²) in [6.45, 7) is 0. The van der Waals surface area contributed by atoms with Crippen molar-refractivity contribution in [2.75, 3.05) is 7.11 Å². The summed E-state index contributed by atoms with van der Waals surface area (Å²) in [6, 6.07) is 5.06. The largest absolute Gasteiger partial charge is 0.508 e. The summed E-state index contributed by atoms with van der Waals surface area (Å²) in [7, 11) is 1.62. The fraction of sp³-hybridized carbons (Fsp3) is 0.455. The molecule has 0 radical (unpaired) electrons. The van der Waals surface area contributed by atoms with E-state index in [-0.39, 0.29) is 11.8 Å². The first-order chi connectivity index (χ1) is 6.72. The number of aromatic hydroxyl groups is 1. The standard InChI is InChI=1S/C11H15NO2/c1-14-10-5-4-8(13)6-9(10)11(12)7-2-3-7/h4-7,11,13H,2-3,12H2,1H3/t11-/m1/s1. The molecule has 1 aromatic carbocycles. The van der Waals surface area contributed by atoms with Gasteiger partial charge in [-0.2, -0.15) is 0 Å². The van der Waals surface area contributed by atoms with E-state index in [4.69, 9.17) is 10.5 Å². The molecule has 0 spiro atoms. The fourth-order valence-corrected chi connectivity index (χ4v) is 1.69. The highest BCUT2D eigenvalue weighted by atomic mass is 16.5. The third-order valence-corrected chi connectivity index (χ3v) is 2.70. The van der Waals surface area contributed by atoms with Crippen LogP contribution in [-0.4, -0.2) is 12.2 Å². The van der Waals surface area contributed by atoms with Crippen LogP contribution < -0.4 is 10.5 Å². The van der Waals surface area contributed by atoms with E-state index < -0.39 is 0 Å². The van der Waals surface area contributed by atoms with Crippen molar-refractivity contribution >= 4 is 0 Å². The molecule has 1 aromatic rings. The van der Waals surface area contributed by atoms with Gasteiger partial charge in [0, 0.05) is 11.6 Å². The molecule has 1 fully saturated rings. The molecule has 14 heavy (non-hydrogen) atoms. The molecule has 0 unspecified atom stereocenters. The van der Waals surface area contributed by atoms with Crippen LogP contribution in [0, 0.1) is 5.92 Å². The van der Waals surface area contributed by atoms with Crippen LogP contribution in [0.2, 0.25) is 0 Å². The molecule has 3 nitrogen and oxygen atoms in total. The molecular weight excluding hydrogens is 178 g/mol. The number of phenolic OH excluding ortho intramolecular Hbond substituents is 1. The molecule has 0 bridgehead atoms. The molecule has 3 heteroatoms. The number of hydrogen-bond donors (Lipinski definition) is 2. The Kier molecular flexibility index (Phi) is 2.33. The van der Waals surface area contributed by atoms with Gasteiger partial charge in [0.05, 0.1) is 7.11 Å². The van der Waals surface area contributed by atoms with E-state index in [1.807, 2.05) is 0 Å². The van der Waals surface area contributed by atoms with E-state index in [1.54, 1.807) is 25.3 Å². The normalized spacial score (nSPS) is 17.9. The van der Waals surface area contributed by atoms with E-state index in [0.29, 0.717) is 5.92 Å². The summed E-state index contributed by atoms with van der Waals surface area (Å²) in [4.78, 5) is 0. The highest BCUT2D eigenvalue weighted by molar-refractivity contribution is 5.42. The second-order valence-corrected chi connectivity index (χ2v) is 3.79. The molecular formula is C11H15NO2. The minimum Gasteiger partial charge on any atom is -0.508 e. The van der Waals surface area contributed by atoms with Crippen molar-refractivity contribution in [2.24, 2.45) is 11.7 Å². The molecule has 2 rings (SSSR count). The lowest BCUT2D eigenvalue weighted by atomic mass is 10.0. The molecule has 0 amide bonds. The second-order valence-electron chi connectivity index (χ2n) is 3.79. The number of ether oxygens (including phenoxy) is 1. The third-order valence-electron chi connectivity index (χ3n) is 2.70. The summed E-state index contributed by atoms with van der Waals surface area (Å²) in [6.07, 6.45) is 2.36. The molecule has 1 aliphatic carbocycles. The zero-order valence-electron chi connectivity index (χ0n) is 8.23. The predicted molar refractivity (Wildman–Crippen MR) is 54.3 cm³/mol. The zero-order valence-corrected chi connectivity index (χ0v) is 8.23. The van der Waals surface area contributed by atoms with E-state index >= 15 is 0 Å². The lowest BCUT2D eigenvalue weighted by Gasteiger charge is -2.15. The molecule has 0 aromatic heterocycles.